The van der Waals surface area contributed by atoms with Gasteiger partial charge in [-0.3, -0.25) is 19.3 Å². The predicted octanol–water partition coefficient (Wildman–Crippen LogP) is 1.66. The van der Waals surface area contributed by atoms with Crippen LogP contribution in [0.4, 0.5) is 0 Å². The molecule has 3 amide bonds. The van der Waals surface area contributed by atoms with Gasteiger partial charge in [0.05, 0.1) is 29.8 Å². The molecule has 3 rings (SSSR count). The van der Waals surface area contributed by atoms with Crippen LogP contribution in [0.15, 0.2) is 42.5 Å². The minimum Gasteiger partial charge on any atom is -0.494 e. The van der Waals surface area contributed by atoms with Crippen LogP contribution in [-0.2, 0) is 9.53 Å². The lowest BCUT2D eigenvalue weighted by Crippen LogP contribution is -2.32. The number of rotatable bonds is 9. The first kappa shape index (κ1) is 21.8. The van der Waals surface area contributed by atoms with Crippen molar-refractivity contribution >= 4 is 23.7 Å². The molecule has 0 spiro atoms. The summed E-state index contributed by atoms with van der Waals surface area (Å²) < 4.78 is 15.8. The van der Waals surface area contributed by atoms with Gasteiger partial charge in [0.15, 0.2) is 6.61 Å². The van der Waals surface area contributed by atoms with Gasteiger partial charge in [0.1, 0.15) is 18.1 Å². The molecule has 1 heterocycles. The lowest BCUT2D eigenvalue weighted by molar-refractivity contribution is -0.124. The van der Waals surface area contributed by atoms with Crippen molar-refractivity contribution in [1.29, 1.82) is 0 Å². The Morgan fingerprint density at radius 3 is 2.26 bits per heavy atom. The highest BCUT2D eigenvalue weighted by Gasteiger charge is 2.33. The van der Waals surface area contributed by atoms with Crippen LogP contribution in [0, 0.1) is 0 Å². The van der Waals surface area contributed by atoms with E-state index in [2.05, 4.69) is 5.32 Å². The molecular formula is C22H22N2O7. The molecule has 1 aliphatic heterocycles. The normalized spacial score (nSPS) is 12.4. The van der Waals surface area contributed by atoms with Gasteiger partial charge < -0.3 is 19.5 Å². The summed E-state index contributed by atoms with van der Waals surface area (Å²) in [6.45, 7) is 2.47. The summed E-state index contributed by atoms with van der Waals surface area (Å²) >= 11 is 0. The Hall–Kier alpha value is -3.88. The number of nitrogens with zero attached hydrogens (tertiary/aromatic N) is 1. The topological polar surface area (TPSA) is 111 Å². The summed E-state index contributed by atoms with van der Waals surface area (Å²) in [5.41, 5.74) is 0.453. The van der Waals surface area contributed by atoms with E-state index in [1.807, 2.05) is 6.92 Å². The van der Waals surface area contributed by atoms with E-state index in [4.69, 9.17) is 14.2 Å². The van der Waals surface area contributed by atoms with Gasteiger partial charge in [-0.1, -0.05) is 0 Å². The van der Waals surface area contributed by atoms with Crippen molar-refractivity contribution in [2.45, 2.75) is 6.92 Å². The zero-order valence-corrected chi connectivity index (χ0v) is 17.2. The zero-order chi connectivity index (χ0) is 22.4. The third kappa shape index (κ3) is 5.19. The molecule has 2 aromatic carbocycles. The third-order valence-electron chi connectivity index (χ3n) is 4.49. The quantitative estimate of drug-likeness (QED) is 0.369. The number of hydrogen-bond acceptors (Lipinski definition) is 7. The first-order valence-electron chi connectivity index (χ1n) is 9.66. The van der Waals surface area contributed by atoms with Crippen molar-refractivity contribution in [2.75, 3.05) is 33.4 Å². The summed E-state index contributed by atoms with van der Waals surface area (Å²) in [5.74, 6) is -0.781. The molecule has 0 aliphatic carbocycles. The number of esters is 1. The average Bonchev–Trinajstić information content (AvgIpc) is 3.00. The Kier molecular flexibility index (Phi) is 6.86. The maximum Gasteiger partial charge on any atom is 0.338 e. The number of ether oxygens (including phenoxy) is 3. The highest BCUT2D eigenvalue weighted by atomic mass is 16.5. The Morgan fingerprint density at radius 1 is 0.935 bits per heavy atom. The van der Waals surface area contributed by atoms with Crippen LogP contribution in [0.3, 0.4) is 0 Å². The molecule has 162 valence electrons. The SMILES string of the molecule is CCOc1ccc(OCCNC(=O)COC(=O)c2ccc3c(c2)C(=O)N(C)C3=O)cc1. The van der Waals surface area contributed by atoms with E-state index in [0.29, 0.717) is 12.4 Å². The molecule has 2 aromatic rings. The smallest absolute Gasteiger partial charge is 0.338 e. The van der Waals surface area contributed by atoms with Gasteiger partial charge in [0.25, 0.3) is 17.7 Å². The van der Waals surface area contributed by atoms with Crippen LogP contribution in [0.2, 0.25) is 0 Å². The fraction of sp³-hybridized carbons (Fsp3) is 0.273. The number of carbonyl (C=O) groups is 4. The molecule has 31 heavy (non-hydrogen) atoms. The number of fused-ring (bicyclic) bond motifs is 1. The highest BCUT2D eigenvalue weighted by molar-refractivity contribution is 6.21. The van der Waals surface area contributed by atoms with Crippen molar-refractivity contribution in [3.63, 3.8) is 0 Å². The minimum atomic E-state index is -0.765. The second kappa shape index (κ2) is 9.75. The van der Waals surface area contributed by atoms with E-state index in [0.717, 1.165) is 10.6 Å². The van der Waals surface area contributed by atoms with Crippen molar-refractivity contribution in [3.8, 4) is 11.5 Å². The van der Waals surface area contributed by atoms with Crippen LogP contribution in [0.1, 0.15) is 38.0 Å². The Morgan fingerprint density at radius 2 is 1.58 bits per heavy atom. The van der Waals surface area contributed by atoms with Crippen molar-refractivity contribution in [1.82, 2.24) is 10.2 Å². The second-order valence-corrected chi connectivity index (χ2v) is 6.61. The van der Waals surface area contributed by atoms with Crippen LogP contribution in [-0.4, -0.2) is 62.0 Å². The van der Waals surface area contributed by atoms with Crippen LogP contribution < -0.4 is 14.8 Å². The van der Waals surface area contributed by atoms with Gasteiger partial charge in [-0.2, -0.15) is 0 Å². The predicted molar refractivity (Wildman–Crippen MR) is 109 cm³/mol. The van der Waals surface area contributed by atoms with Gasteiger partial charge in [-0.25, -0.2) is 4.79 Å². The Bertz CT molecular complexity index is 1000. The lowest BCUT2D eigenvalue weighted by Gasteiger charge is -2.09. The average molecular weight is 426 g/mol. The van der Waals surface area contributed by atoms with E-state index < -0.39 is 30.3 Å². The molecule has 0 saturated heterocycles. The van der Waals surface area contributed by atoms with E-state index in [1.165, 1.54) is 25.2 Å². The number of imide groups is 1. The molecule has 0 fully saturated rings. The summed E-state index contributed by atoms with van der Waals surface area (Å²) in [6.07, 6.45) is 0. The molecule has 1 N–H and O–H groups in total. The second-order valence-electron chi connectivity index (χ2n) is 6.61. The molecule has 0 atom stereocenters. The highest BCUT2D eigenvalue weighted by Crippen LogP contribution is 2.23. The monoisotopic (exact) mass is 426 g/mol. The maximum atomic E-state index is 12.2. The molecule has 0 bridgehead atoms. The summed E-state index contributed by atoms with van der Waals surface area (Å²) in [4.78, 5) is 48.9. The molecule has 9 nitrogen and oxygen atoms in total. The maximum absolute atomic E-state index is 12.2. The Balaban J connectivity index is 1.40. The van der Waals surface area contributed by atoms with Crippen molar-refractivity contribution in [2.24, 2.45) is 0 Å². The van der Waals surface area contributed by atoms with E-state index in [1.54, 1.807) is 24.3 Å². The third-order valence-corrected chi connectivity index (χ3v) is 4.49. The molecule has 0 unspecified atom stereocenters. The van der Waals surface area contributed by atoms with E-state index in [-0.39, 0.29) is 29.8 Å². The summed E-state index contributed by atoms with van der Waals surface area (Å²) in [5, 5.41) is 2.58. The fourth-order valence-corrected chi connectivity index (χ4v) is 2.91. The van der Waals surface area contributed by atoms with Crippen LogP contribution in [0.25, 0.3) is 0 Å². The molecular weight excluding hydrogens is 404 g/mol. The van der Waals surface area contributed by atoms with Crippen LogP contribution in [0.5, 0.6) is 11.5 Å². The first-order valence-corrected chi connectivity index (χ1v) is 9.66. The zero-order valence-electron chi connectivity index (χ0n) is 17.2. The molecule has 0 saturated carbocycles. The molecule has 0 radical (unpaired) electrons. The lowest BCUT2D eigenvalue weighted by atomic mass is 10.1. The fourth-order valence-electron chi connectivity index (χ4n) is 2.91. The van der Waals surface area contributed by atoms with Crippen molar-refractivity contribution < 1.29 is 33.4 Å². The van der Waals surface area contributed by atoms with Crippen molar-refractivity contribution in [3.05, 3.63) is 59.2 Å². The number of amides is 3. The standard InChI is InChI=1S/C22H22N2O7/c1-3-29-15-5-7-16(8-6-15)30-11-10-23-19(25)13-31-22(28)14-4-9-17-18(12-14)21(27)24(2)20(17)26/h4-9,12H,3,10-11,13H2,1-2H3,(H,23,25). The largest absolute Gasteiger partial charge is 0.494 e. The van der Waals surface area contributed by atoms with Gasteiger partial charge in [0.2, 0.25) is 0 Å². The minimum absolute atomic E-state index is 0.0850. The molecule has 0 aromatic heterocycles. The number of hydrogen-bond donors (Lipinski definition) is 1. The van der Waals surface area contributed by atoms with Gasteiger partial charge in [-0.15, -0.1) is 0 Å². The summed E-state index contributed by atoms with van der Waals surface area (Å²) in [7, 11) is 1.37. The molecule has 1 aliphatic rings. The van der Waals surface area contributed by atoms with E-state index in [9.17, 15) is 19.2 Å². The van der Waals surface area contributed by atoms with Gasteiger partial charge >= 0.3 is 5.97 Å². The molecule has 9 heteroatoms. The van der Waals surface area contributed by atoms with Crippen LogP contribution >= 0.6 is 0 Å². The van der Waals surface area contributed by atoms with Gasteiger partial charge in [-0.05, 0) is 49.4 Å². The number of nitrogens with one attached hydrogen (secondary N) is 1. The number of carbonyl (C=O) groups excluding carboxylic acids is 4. The van der Waals surface area contributed by atoms with Gasteiger partial charge in [0, 0.05) is 7.05 Å². The Labute approximate surface area is 178 Å². The van der Waals surface area contributed by atoms with E-state index >= 15 is 0 Å². The first-order chi connectivity index (χ1) is 14.9. The summed E-state index contributed by atoms with van der Waals surface area (Å²) in [6, 6.07) is 11.2. The number of benzene rings is 2.